The molecule has 0 heterocycles. The van der Waals surface area contributed by atoms with Crippen LogP contribution in [0.5, 0.6) is 0 Å². The lowest BCUT2D eigenvalue weighted by Gasteiger charge is -2.29. The van der Waals surface area contributed by atoms with Gasteiger partial charge in [0.05, 0.1) is 0 Å². The smallest absolute Gasteiger partial charge is 0.279 e. The van der Waals surface area contributed by atoms with Gasteiger partial charge >= 0.3 is 0 Å². The third-order valence-electron chi connectivity index (χ3n) is 2.22. The molecule has 17 heavy (non-hydrogen) atoms. The largest absolute Gasteiger partial charge is 0.365 e. The number of aliphatic hydroxyl groups is 1. The molecule has 2 unspecified atom stereocenters. The van der Waals surface area contributed by atoms with E-state index in [1.54, 1.807) is 31.2 Å². The lowest BCUT2D eigenvalue weighted by Crippen LogP contribution is -2.49. The van der Waals surface area contributed by atoms with Gasteiger partial charge in [0.1, 0.15) is 4.83 Å². The highest BCUT2D eigenvalue weighted by Gasteiger charge is 2.43. The molecular formula is C11H13BrClNO3. The van der Waals surface area contributed by atoms with Gasteiger partial charge < -0.3 is 15.6 Å². The van der Waals surface area contributed by atoms with Crippen molar-refractivity contribution in [3.63, 3.8) is 0 Å². The van der Waals surface area contributed by atoms with Crippen LogP contribution in [0.1, 0.15) is 17.3 Å². The van der Waals surface area contributed by atoms with Crippen molar-refractivity contribution >= 4 is 33.4 Å². The number of carbonyl (C=O) groups is 1. The number of hydrogen-bond acceptors (Lipinski definition) is 3. The standard InChI is InChI=1S/C11H13BrClNO3/c1-2-17-11(16,10(14)15)9(12)7-3-5-8(13)6-4-7/h3-6,9,16H,2H2,1H3,(H2,14,15). The van der Waals surface area contributed by atoms with E-state index in [0.29, 0.717) is 10.6 Å². The summed E-state index contributed by atoms with van der Waals surface area (Å²) in [4.78, 5) is 10.5. The van der Waals surface area contributed by atoms with Gasteiger partial charge in [0.15, 0.2) is 0 Å². The molecule has 2 atom stereocenters. The predicted molar refractivity (Wildman–Crippen MR) is 68.9 cm³/mol. The first-order valence-electron chi connectivity index (χ1n) is 4.97. The van der Waals surface area contributed by atoms with Gasteiger partial charge in [0.2, 0.25) is 0 Å². The molecule has 0 aromatic heterocycles. The Morgan fingerprint density at radius 1 is 1.59 bits per heavy atom. The number of benzene rings is 1. The third-order valence-corrected chi connectivity index (χ3v) is 3.62. The highest BCUT2D eigenvalue weighted by Crippen LogP contribution is 2.35. The van der Waals surface area contributed by atoms with Crippen molar-refractivity contribution in [1.29, 1.82) is 0 Å². The predicted octanol–water partition coefficient (Wildman–Crippen LogP) is 1.99. The molecule has 6 heteroatoms. The van der Waals surface area contributed by atoms with E-state index in [2.05, 4.69) is 15.9 Å². The van der Waals surface area contributed by atoms with Gasteiger partial charge in [-0.1, -0.05) is 39.7 Å². The maximum Gasteiger partial charge on any atom is 0.279 e. The average Bonchev–Trinajstić information content (AvgIpc) is 2.29. The minimum atomic E-state index is -2.08. The number of ether oxygens (including phenoxy) is 1. The number of hydrogen-bond donors (Lipinski definition) is 2. The number of nitrogens with two attached hydrogens (primary N) is 1. The van der Waals surface area contributed by atoms with Crippen molar-refractivity contribution in [3.8, 4) is 0 Å². The van der Waals surface area contributed by atoms with Crippen LogP contribution in [0.15, 0.2) is 24.3 Å². The van der Waals surface area contributed by atoms with Crippen LogP contribution in [-0.4, -0.2) is 23.4 Å². The third kappa shape index (κ3) is 3.19. The van der Waals surface area contributed by atoms with E-state index in [9.17, 15) is 9.90 Å². The van der Waals surface area contributed by atoms with Crippen LogP contribution in [0.25, 0.3) is 0 Å². The lowest BCUT2D eigenvalue weighted by atomic mass is 10.0. The summed E-state index contributed by atoms with van der Waals surface area (Å²) >= 11 is 8.97. The average molecular weight is 323 g/mol. The van der Waals surface area contributed by atoms with Gasteiger partial charge in [0, 0.05) is 11.6 Å². The lowest BCUT2D eigenvalue weighted by molar-refractivity contribution is -0.202. The SMILES string of the molecule is CCOC(O)(C(N)=O)C(Br)c1ccc(Cl)cc1. The maximum atomic E-state index is 11.3. The summed E-state index contributed by atoms with van der Waals surface area (Å²) in [5.74, 6) is -3.03. The Balaban J connectivity index is 3.03. The molecule has 1 aromatic carbocycles. The molecule has 0 aliphatic rings. The highest BCUT2D eigenvalue weighted by atomic mass is 79.9. The number of carbonyl (C=O) groups excluding carboxylic acids is 1. The van der Waals surface area contributed by atoms with E-state index in [4.69, 9.17) is 22.1 Å². The molecule has 0 fully saturated rings. The first-order chi connectivity index (χ1) is 7.91. The molecule has 94 valence electrons. The second-order valence-electron chi connectivity index (χ2n) is 3.41. The van der Waals surface area contributed by atoms with Gasteiger partial charge in [-0.15, -0.1) is 0 Å². The Bertz CT molecular complexity index is 398. The van der Waals surface area contributed by atoms with Crippen molar-refractivity contribution < 1.29 is 14.6 Å². The van der Waals surface area contributed by atoms with Crippen molar-refractivity contribution in [1.82, 2.24) is 0 Å². The zero-order chi connectivity index (χ0) is 13.1. The monoisotopic (exact) mass is 321 g/mol. The molecule has 0 aliphatic heterocycles. The summed E-state index contributed by atoms with van der Waals surface area (Å²) in [6.07, 6.45) is 0. The first-order valence-corrected chi connectivity index (χ1v) is 6.27. The van der Waals surface area contributed by atoms with E-state index < -0.39 is 16.5 Å². The molecular weight excluding hydrogens is 309 g/mol. The molecule has 0 bridgehead atoms. The molecule has 4 nitrogen and oxygen atoms in total. The maximum absolute atomic E-state index is 11.3. The van der Waals surface area contributed by atoms with E-state index >= 15 is 0 Å². The number of amides is 1. The van der Waals surface area contributed by atoms with Crippen LogP contribution in [0, 0.1) is 0 Å². The van der Waals surface area contributed by atoms with Crippen LogP contribution in [0.2, 0.25) is 5.02 Å². The van der Waals surface area contributed by atoms with Gasteiger partial charge in [-0.05, 0) is 24.6 Å². The summed E-state index contributed by atoms with van der Waals surface area (Å²) in [6.45, 7) is 1.82. The van der Waals surface area contributed by atoms with E-state index in [-0.39, 0.29) is 6.61 Å². The Morgan fingerprint density at radius 2 is 2.12 bits per heavy atom. The van der Waals surface area contributed by atoms with Crippen LogP contribution in [0.3, 0.4) is 0 Å². The van der Waals surface area contributed by atoms with Crippen LogP contribution >= 0.6 is 27.5 Å². The van der Waals surface area contributed by atoms with Crippen LogP contribution in [-0.2, 0) is 9.53 Å². The fourth-order valence-corrected chi connectivity index (χ4v) is 2.14. The van der Waals surface area contributed by atoms with Crippen LogP contribution in [0.4, 0.5) is 0 Å². The zero-order valence-electron chi connectivity index (χ0n) is 9.19. The molecule has 1 rings (SSSR count). The van der Waals surface area contributed by atoms with E-state index in [1.165, 1.54) is 0 Å². The number of rotatable bonds is 5. The summed E-state index contributed by atoms with van der Waals surface area (Å²) in [5, 5.41) is 10.7. The quantitative estimate of drug-likeness (QED) is 0.643. The van der Waals surface area contributed by atoms with Crippen molar-refractivity contribution in [2.75, 3.05) is 6.61 Å². The molecule has 1 amide bonds. The Hall–Kier alpha value is -0.620. The Labute approximate surface area is 113 Å². The number of alkyl halides is 1. The minimum Gasteiger partial charge on any atom is -0.365 e. The van der Waals surface area contributed by atoms with Gasteiger partial charge in [-0.2, -0.15) is 0 Å². The molecule has 0 saturated heterocycles. The number of primary amides is 1. The molecule has 1 aromatic rings. The summed E-state index contributed by atoms with van der Waals surface area (Å²) in [7, 11) is 0. The van der Waals surface area contributed by atoms with Crippen molar-refractivity contribution in [2.24, 2.45) is 5.73 Å². The molecule has 0 saturated carbocycles. The summed E-state index contributed by atoms with van der Waals surface area (Å²) in [6, 6.07) is 6.65. The Kier molecular flexibility index (Phi) is 4.94. The van der Waals surface area contributed by atoms with Gasteiger partial charge in [0.25, 0.3) is 11.7 Å². The molecule has 0 aliphatic carbocycles. The zero-order valence-corrected chi connectivity index (χ0v) is 11.5. The second-order valence-corrected chi connectivity index (χ2v) is 4.76. The van der Waals surface area contributed by atoms with Crippen molar-refractivity contribution in [3.05, 3.63) is 34.9 Å². The van der Waals surface area contributed by atoms with E-state index in [0.717, 1.165) is 0 Å². The minimum absolute atomic E-state index is 0.162. The second kappa shape index (κ2) is 5.82. The first kappa shape index (κ1) is 14.4. The normalized spacial score (nSPS) is 16.2. The van der Waals surface area contributed by atoms with E-state index in [1.807, 2.05) is 0 Å². The fraction of sp³-hybridized carbons (Fsp3) is 0.364. The number of halogens is 2. The van der Waals surface area contributed by atoms with Gasteiger partial charge in [-0.3, -0.25) is 4.79 Å². The molecule has 0 radical (unpaired) electrons. The summed E-state index contributed by atoms with van der Waals surface area (Å²) in [5.41, 5.74) is 5.80. The molecule has 0 spiro atoms. The van der Waals surface area contributed by atoms with Crippen LogP contribution < -0.4 is 5.73 Å². The van der Waals surface area contributed by atoms with Gasteiger partial charge in [-0.25, -0.2) is 0 Å². The highest BCUT2D eigenvalue weighted by molar-refractivity contribution is 9.09. The summed E-state index contributed by atoms with van der Waals surface area (Å²) < 4.78 is 5.04. The van der Waals surface area contributed by atoms with Crippen molar-refractivity contribution in [2.45, 2.75) is 17.5 Å². The Morgan fingerprint density at radius 3 is 2.53 bits per heavy atom. The molecule has 3 N–H and O–H groups in total. The fourth-order valence-electron chi connectivity index (χ4n) is 1.35. The topological polar surface area (TPSA) is 72.6 Å².